The highest BCUT2D eigenvalue weighted by molar-refractivity contribution is 7.21. The number of nitrogens with zero attached hydrogens (tertiary/aromatic N) is 3. The summed E-state index contributed by atoms with van der Waals surface area (Å²) in [5.41, 5.74) is 1.09. The van der Waals surface area contributed by atoms with Gasteiger partial charge in [-0.15, -0.1) is 11.3 Å². The van der Waals surface area contributed by atoms with Crippen molar-refractivity contribution < 1.29 is 13.9 Å². The number of hydrogen-bond acceptors (Lipinski definition) is 5. The quantitative estimate of drug-likeness (QED) is 0.492. The third kappa shape index (κ3) is 3.70. The highest BCUT2D eigenvalue weighted by Gasteiger charge is 2.23. The normalized spacial score (nSPS) is 13.5. The lowest BCUT2D eigenvalue weighted by Gasteiger charge is -2.20. The molecule has 31 heavy (non-hydrogen) atoms. The highest BCUT2D eigenvalue weighted by atomic mass is 32.1. The van der Waals surface area contributed by atoms with Crippen LogP contribution in [-0.2, 0) is 17.9 Å². The third-order valence-electron chi connectivity index (χ3n) is 5.28. The van der Waals surface area contributed by atoms with Crippen molar-refractivity contribution in [2.24, 2.45) is 0 Å². The SMILES string of the molecule is O=C(Cn1cnc2sc(-c3ccccc3)cc2c1=O)N1CCOc2cccc(F)c2C1. The Morgan fingerprint density at radius 2 is 2.00 bits per heavy atom. The molecule has 1 aliphatic heterocycles. The van der Waals surface area contributed by atoms with Gasteiger partial charge in [0.25, 0.3) is 5.56 Å². The van der Waals surface area contributed by atoms with Gasteiger partial charge in [-0.2, -0.15) is 0 Å². The fourth-order valence-electron chi connectivity index (χ4n) is 3.64. The number of carbonyl (C=O) groups excluding carboxylic acids is 1. The molecule has 3 heterocycles. The van der Waals surface area contributed by atoms with Gasteiger partial charge >= 0.3 is 0 Å². The number of halogens is 1. The summed E-state index contributed by atoms with van der Waals surface area (Å²) in [7, 11) is 0. The largest absolute Gasteiger partial charge is 0.491 e. The van der Waals surface area contributed by atoms with Crippen LogP contribution in [0, 0.1) is 5.82 Å². The maximum Gasteiger partial charge on any atom is 0.262 e. The lowest BCUT2D eigenvalue weighted by molar-refractivity contribution is -0.132. The first-order valence-corrected chi connectivity index (χ1v) is 10.6. The summed E-state index contributed by atoms with van der Waals surface area (Å²) in [5, 5.41) is 0.481. The molecule has 0 saturated heterocycles. The molecule has 0 N–H and O–H groups in total. The smallest absolute Gasteiger partial charge is 0.262 e. The van der Waals surface area contributed by atoms with Gasteiger partial charge in [-0.1, -0.05) is 36.4 Å². The minimum absolute atomic E-state index is 0.0991. The van der Waals surface area contributed by atoms with E-state index in [2.05, 4.69) is 4.98 Å². The maximum absolute atomic E-state index is 14.2. The Bertz CT molecular complexity index is 1330. The van der Waals surface area contributed by atoms with Crippen LogP contribution in [-0.4, -0.2) is 33.5 Å². The summed E-state index contributed by atoms with van der Waals surface area (Å²) in [5.74, 6) is -0.257. The third-order valence-corrected chi connectivity index (χ3v) is 6.37. The fraction of sp³-hybridized carbons (Fsp3) is 0.174. The first-order valence-electron chi connectivity index (χ1n) is 9.82. The molecule has 156 valence electrons. The Morgan fingerprint density at radius 1 is 1.16 bits per heavy atom. The molecular weight excluding hydrogens is 417 g/mol. The monoisotopic (exact) mass is 435 g/mol. The van der Waals surface area contributed by atoms with Crippen LogP contribution >= 0.6 is 11.3 Å². The maximum atomic E-state index is 14.2. The number of rotatable bonds is 3. The van der Waals surface area contributed by atoms with Crippen LogP contribution < -0.4 is 10.3 Å². The molecular formula is C23H18FN3O3S. The van der Waals surface area contributed by atoms with E-state index >= 15 is 0 Å². The van der Waals surface area contributed by atoms with E-state index in [0.29, 0.717) is 28.1 Å². The number of benzene rings is 2. The van der Waals surface area contributed by atoms with Gasteiger partial charge in [0.2, 0.25) is 5.91 Å². The van der Waals surface area contributed by atoms with Crippen LogP contribution in [0.3, 0.4) is 0 Å². The second kappa shape index (κ2) is 7.96. The number of aromatic nitrogens is 2. The van der Waals surface area contributed by atoms with Crippen LogP contribution in [0.5, 0.6) is 5.75 Å². The molecule has 0 spiro atoms. The molecule has 0 bridgehead atoms. The molecule has 0 fully saturated rings. The zero-order valence-corrected chi connectivity index (χ0v) is 17.3. The van der Waals surface area contributed by atoms with E-state index in [9.17, 15) is 14.0 Å². The lowest BCUT2D eigenvalue weighted by atomic mass is 10.1. The molecule has 0 atom stereocenters. The number of ether oxygens (including phenoxy) is 1. The predicted molar refractivity (Wildman–Crippen MR) is 117 cm³/mol. The van der Waals surface area contributed by atoms with Crippen LogP contribution in [0.2, 0.25) is 0 Å². The number of amides is 1. The van der Waals surface area contributed by atoms with E-state index in [0.717, 1.165) is 10.4 Å². The molecule has 0 unspecified atom stereocenters. The number of thiophene rings is 1. The molecule has 1 amide bonds. The van der Waals surface area contributed by atoms with Crippen molar-refractivity contribution in [3.63, 3.8) is 0 Å². The van der Waals surface area contributed by atoms with Gasteiger partial charge in [-0.3, -0.25) is 14.2 Å². The van der Waals surface area contributed by atoms with Crippen molar-refractivity contribution in [2.45, 2.75) is 13.1 Å². The van der Waals surface area contributed by atoms with Gasteiger partial charge in [0.05, 0.1) is 24.8 Å². The number of fused-ring (bicyclic) bond motifs is 2. The second-order valence-electron chi connectivity index (χ2n) is 7.25. The van der Waals surface area contributed by atoms with Gasteiger partial charge in [0.15, 0.2) is 0 Å². The van der Waals surface area contributed by atoms with Crippen LogP contribution in [0.25, 0.3) is 20.7 Å². The first kappa shape index (κ1) is 19.4. The van der Waals surface area contributed by atoms with Gasteiger partial charge in [0.1, 0.15) is 29.5 Å². The molecule has 8 heteroatoms. The predicted octanol–water partition coefficient (Wildman–Crippen LogP) is 3.69. The van der Waals surface area contributed by atoms with Crippen LogP contribution in [0.4, 0.5) is 4.39 Å². The average molecular weight is 435 g/mol. The summed E-state index contributed by atoms with van der Waals surface area (Å²) < 4.78 is 21.1. The Balaban J connectivity index is 1.41. The Kier molecular flexibility index (Phi) is 4.99. The van der Waals surface area contributed by atoms with Gasteiger partial charge in [-0.05, 0) is 23.8 Å². The second-order valence-corrected chi connectivity index (χ2v) is 8.28. The van der Waals surface area contributed by atoms with Crippen LogP contribution in [0.1, 0.15) is 5.56 Å². The van der Waals surface area contributed by atoms with E-state index in [-0.39, 0.29) is 31.2 Å². The molecule has 5 rings (SSSR count). The standard InChI is InChI=1S/C23H18FN3O3S/c24-18-7-4-8-19-17(18)12-26(9-10-30-19)21(28)13-27-14-25-22-16(23(27)29)11-20(31-22)15-5-2-1-3-6-15/h1-8,11,14H,9-10,12-13H2. The van der Waals surface area contributed by atoms with E-state index in [1.807, 2.05) is 36.4 Å². The highest BCUT2D eigenvalue weighted by Crippen LogP contribution is 2.30. The summed E-state index contributed by atoms with van der Waals surface area (Å²) in [6.07, 6.45) is 1.40. The molecule has 0 saturated carbocycles. The van der Waals surface area contributed by atoms with Gasteiger partial charge < -0.3 is 9.64 Å². The Hall–Kier alpha value is -3.52. The van der Waals surface area contributed by atoms with E-state index in [1.165, 1.54) is 33.2 Å². The zero-order chi connectivity index (χ0) is 21.4. The van der Waals surface area contributed by atoms with Crippen molar-refractivity contribution in [3.05, 3.63) is 82.7 Å². The van der Waals surface area contributed by atoms with Crippen molar-refractivity contribution in [1.29, 1.82) is 0 Å². The van der Waals surface area contributed by atoms with E-state index in [1.54, 1.807) is 12.1 Å². The van der Waals surface area contributed by atoms with E-state index < -0.39 is 5.82 Å². The molecule has 1 aliphatic rings. The minimum Gasteiger partial charge on any atom is -0.491 e. The van der Waals surface area contributed by atoms with Crippen molar-refractivity contribution in [3.8, 4) is 16.2 Å². The zero-order valence-electron chi connectivity index (χ0n) is 16.5. The first-order chi connectivity index (χ1) is 15.1. The molecule has 2 aromatic carbocycles. The summed E-state index contributed by atoms with van der Waals surface area (Å²) >= 11 is 1.44. The summed E-state index contributed by atoms with van der Waals surface area (Å²) in [6, 6.07) is 16.2. The van der Waals surface area contributed by atoms with Crippen molar-refractivity contribution in [2.75, 3.05) is 13.2 Å². The van der Waals surface area contributed by atoms with Crippen LogP contribution in [0.15, 0.2) is 65.7 Å². The van der Waals surface area contributed by atoms with Crippen molar-refractivity contribution >= 4 is 27.5 Å². The lowest BCUT2D eigenvalue weighted by Crippen LogP contribution is -2.37. The number of carbonyl (C=O) groups is 1. The minimum atomic E-state index is -0.413. The Labute approximate surface area is 181 Å². The summed E-state index contributed by atoms with van der Waals surface area (Å²) in [6.45, 7) is 0.511. The molecule has 0 radical (unpaired) electrons. The average Bonchev–Trinajstić information content (AvgIpc) is 3.10. The molecule has 0 aliphatic carbocycles. The molecule has 2 aromatic heterocycles. The molecule has 6 nitrogen and oxygen atoms in total. The topological polar surface area (TPSA) is 64.4 Å². The van der Waals surface area contributed by atoms with Crippen molar-refractivity contribution in [1.82, 2.24) is 14.5 Å². The van der Waals surface area contributed by atoms with E-state index in [4.69, 9.17) is 4.74 Å². The number of hydrogen-bond donors (Lipinski definition) is 0. The fourth-order valence-corrected chi connectivity index (χ4v) is 4.63. The Morgan fingerprint density at radius 3 is 2.84 bits per heavy atom. The summed E-state index contributed by atoms with van der Waals surface area (Å²) in [4.78, 5) is 33.4. The van der Waals surface area contributed by atoms with Gasteiger partial charge in [0, 0.05) is 10.4 Å². The molecule has 4 aromatic rings. The van der Waals surface area contributed by atoms with Gasteiger partial charge in [-0.25, -0.2) is 9.37 Å².